The zero-order chi connectivity index (χ0) is 23.1. The first kappa shape index (κ1) is 22.9. The maximum atomic E-state index is 12.3. The van der Waals surface area contributed by atoms with Crippen LogP contribution in [0.25, 0.3) is 6.08 Å². The Bertz CT molecular complexity index is 1270. The Morgan fingerprint density at radius 3 is 2.28 bits per heavy atom. The molecule has 0 aliphatic carbocycles. The van der Waals surface area contributed by atoms with Gasteiger partial charge in [-0.2, -0.15) is 8.42 Å². The monoisotopic (exact) mass is 471 g/mol. The van der Waals surface area contributed by atoms with Gasteiger partial charge >= 0.3 is 16.1 Å². The van der Waals surface area contributed by atoms with Crippen molar-refractivity contribution >= 4 is 45.4 Å². The summed E-state index contributed by atoms with van der Waals surface area (Å²) in [6.07, 6.45) is 1.41. The van der Waals surface area contributed by atoms with E-state index in [4.69, 9.17) is 32.0 Å². The van der Waals surface area contributed by atoms with E-state index in [-0.39, 0.29) is 28.0 Å². The van der Waals surface area contributed by atoms with Crippen LogP contribution < -0.4 is 20.4 Å². The first-order chi connectivity index (χ1) is 15.2. The molecule has 3 rings (SSSR count). The normalized spacial score (nSPS) is 11.2. The van der Waals surface area contributed by atoms with Crippen LogP contribution in [-0.4, -0.2) is 20.3 Å². The third kappa shape index (κ3) is 6.59. The van der Waals surface area contributed by atoms with Crippen LogP contribution in [0.3, 0.4) is 0 Å². The highest BCUT2D eigenvalue weighted by Gasteiger charge is 2.14. The highest BCUT2D eigenvalue weighted by Crippen LogP contribution is 2.30. The summed E-state index contributed by atoms with van der Waals surface area (Å²) in [5.41, 5.74) is 12.0. The van der Waals surface area contributed by atoms with Crippen LogP contribution in [0.2, 0.25) is 5.02 Å². The molecule has 8 nitrogen and oxygen atoms in total. The largest absolute Gasteiger partial charge is 0.421 e. The summed E-state index contributed by atoms with van der Waals surface area (Å²) < 4.78 is 34.6. The van der Waals surface area contributed by atoms with E-state index in [1.54, 1.807) is 36.4 Å². The lowest BCUT2D eigenvalue weighted by atomic mass is 10.2. The molecular weight excluding hydrogens is 454 g/mol. The second kappa shape index (κ2) is 9.99. The molecule has 0 heterocycles. The number of carbonyl (C=O) groups is 1. The number of rotatable bonds is 7. The van der Waals surface area contributed by atoms with Crippen molar-refractivity contribution in [2.45, 2.75) is 0 Å². The van der Waals surface area contributed by atoms with Crippen molar-refractivity contribution in [3.8, 4) is 11.5 Å². The topological polar surface area (TPSA) is 134 Å². The van der Waals surface area contributed by atoms with Gasteiger partial charge in [-0.1, -0.05) is 41.9 Å². The molecule has 3 aromatic rings. The van der Waals surface area contributed by atoms with Gasteiger partial charge in [0.15, 0.2) is 5.96 Å². The summed E-state index contributed by atoms with van der Waals surface area (Å²) in [5.74, 6) is -0.772. The molecule has 0 aromatic heterocycles. The lowest BCUT2D eigenvalue weighted by molar-refractivity contribution is 0.0734. The summed E-state index contributed by atoms with van der Waals surface area (Å²) in [7, 11) is -4.02. The molecule has 0 bridgehead atoms. The zero-order valence-corrected chi connectivity index (χ0v) is 18.1. The lowest BCUT2D eigenvalue weighted by Gasteiger charge is -2.09. The van der Waals surface area contributed by atoms with Gasteiger partial charge in [0.05, 0.1) is 21.7 Å². The summed E-state index contributed by atoms with van der Waals surface area (Å²) >= 11 is 6.13. The van der Waals surface area contributed by atoms with Crippen molar-refractivity contribution in [2.24, 2.45) is 16.5 Å². The zero-order valence-electron chi connectivity index (χ0n) is 16.5. The van der Waals surface area contributed by atoms with E-state index in [2.05, 4.69) is 4.99 Å². The predicted molar refractivity (Wildman–Crippen MR) is 123 cm³/mol. The van der Waals surface area contributed by atoms with Crippen LogP contribution in [0.4, 0.5) is 5.69 Å². The Morgan fingerprint density at radius 2 is 1.66 bits per heavy atom. The lowest BCUT2D eigenvalue weighted by Crippen LogP contribution is -2.21. The molecule has 0 atom stereocenters. The molecule has 0 saturated carbocycles. The van der Waals surface area contributed by atoms with Crippen LogP contribution in [0.5, 0.6) is 11.5 Å². The number of esters is 1. The summed E-state index contributed by atoms with van der Waals surface area (Å²) in [5, 5.41) is 0.936. The molecule has 0 amide bonds. The molecule has 0 unspecified atom stereocenters. The van der Waals surface area contributed by atoms with Gasteiger partial charge in [-0.15, -0.1) is 0 Å². The van der Waals surface area contributed by atoms with Gasteiger partial charge in [0.2, 0.25) is 0 Å². The average molecular weight is 472 g/mol. The fourth-order valence-electron chi connectivity index (χ4n) is 2.48. The Labute approximate surface area is 189 Å². The first-order valence-corrected chi connectivity index (χ1v) is 11.0. The number of guanidine groups is 1. The van der Waals surface area contributed by atoms with E-state index in [9.17, 15) is 13.2 Å². The molecule has 3 aromatic carbocycles. The van der Waals surface area contributed by atoms with Crippen LogP contribution in [0.15, 0.2) is 83.2 Å². The number of nitrogens with two attached hydrogens (primary N) is 2. The summed E-state index contributed by atoms with van der Waals surface area (Å²) in [6, 6.07) is 18.8. The molecule has 0 saturated heterocycles. The highest BCUT2D eigenvalue weighted by atomic mass is 35.5. The third-order valence-electron chi connectivity index (χ3n) is 3.91. The van der Waals surface area contributed by atoms with E-state index in [1.165, 1.54) is 36.4 Å². The number of hydrogen-bond donors (Lipinski definition) is 2. The molecule has 164 valence electrons. The van der Waals surface area contributed by atoms with Crippen LogP contribution in [0, 0.1) is 0 Å². The number of ether oxygens (including phenoxy) is 1. The number of aliphatic imine (C=N–C) groups is 1. The Kier molecular flexibility index (Phi) is 7.14. The van der Waals surface area contributed by atoms with Crippen molar-refractivity contribution in [3.63, 3.8) is 0 Å². The van der Waals surface area contributed by atoms with Crippen LogP contribution in [-0.2, 0) is 10.1 Å². The smallest absolute Gasteiger partial charge is 0.343 e. The van der Waals surface area contributed by atoms with Crippen molar-refractivity contribution in [1.82, 2.24) is 0 Å². The quantitative estimate of drug-likeness (QED) is 0.176. The predicted octanol–water partition coefficient (Wildman–Crippen LogP) is 3.84. The molecule has 0 radical (unpaired) electrons. The minimum Gasteiger partial charge on any atom is -0.421 e. The van der Waals surface area contributed by atoms with Crippen molar-refractivity contribution in [3.05, 3.63) is 94.4 Å². The van der Waals surface area contributed by atoms with Gasteiger partial charge < -0.3 is 20.4 Å². The van der Waals surface area contributed by atoms with Crippen molar-refractivity contribution in [1.29, 1.82) is 0 Å². The molecule has 0 aliphatic rings. The molecule has 0 aliphatic heterocycles. The minimum atomic E-state index is -4.02. The Morgan fingerprint density at radius 1 is 0.969 bits per heavy atom. The van der Waals surface area contributed by atoms with Gasteiger partial charge in [0, 0.05) is 6.07 Å². The van der Waals surface area contributed by atoms with E-state index in [0.29, 0.717) is 11.3 Å². The fourth-order valence-corrected chi connectivity index (χ4v) is 3.44. The van der Waals surface area contributed by atoms with Crippen LogP contribution >= 0.6 is 11.6 Å². The van der Waals surface area contributed by atoms with E-state index < -0.39 is 16.1 Å². The van der Waals surface area contributed by atoms with E-state index in [0.717, 1.165) is 5.41 Å². The van der Waals surface area contributed by atoms with E-state index in [1.807, 2.05) is 6.07 Å². The molecular formula is C22H18ClN3O5S. The molecule has 10 heteroatoms. The molecule has 32 heavy (non-hydrogen) atoms. The van der Waals surface area contributed by atoms with Crippen LogP contribution in [0.1, 0.15) is 15.9 Å². The maximum Gasteiger partial charge on any atom is 0.343 e. The summed E-state index contributed by atoms with van der Waals surface area (Å²) in [4.78, 5) is 16.2. The Hall–Kier alpha value is -3.82. The second-order valence-electron chi connectivity index (χ2n) is 6.35. The van der Waals surface area contributed by atoms with Gasteiger partial charge in [-0.25, -0.2) is 9.79 Å². The second-order valence-corrected chi connectivity index (χ2v) is 8.19. The summed E-state index contributed by atoms with van der Waals surface area (Å²) in [6.45, 7) is 0. The molecule has 0 spiro atoms. The van der Waals surface area contributed by atoms with Gasteiger partial charge in [0.25, 0.3) is 0 Å². The highest BCUT2D eigenvalue weighted by molar-refractivity contribution is 7.90. The average Bonchev–Trinajstić information content (AvgIpc) is 2.75. The van der Waals surface area contributed by atoms with Gasteiger partial charge in [-0.3, -0.25) is 0 Å². The Balaban J connectivity index is 1.67. The van der Waals surface area contributed by atoms with Gasteiger partial charge in [-0.05, 0) is 48.0 Å². The molecule has 0 fully saturated rings. The number of halogens is 1. The SMILES string of the molecule is NC(N)=Nc1ccc(C(=O)Oc2ccc(OS(=O)(=O)/C=C/c3ccccc3)cc2Cl)cc1. The fraction of sp³-hybridized carbons (Fsp3) is 0. The number of benzene rings is 3. The van der Waals surface area contributed by atoms with Crippen molar-refractivity contribution < 1.29 is 22.1 Å². The standard InChI is InChI=1S/C22H18ClN3O5S/c23-19-14-18(31-32(28,29)13-12-15-4-2-1-3-5-15)10-11-20(19)30-21(27)16-6-8-17(9-7-16)26-22(24)25/h1-14H,(H4,24,25,26)/b13-12+. The van der Waals surface area contributed by atoms with Gasteiger partial charge in [0.1, 0.15) is 11.5 Å². The number of hydrogen-bond acceptors (Lipinski definition) is 6. The van der Waals surface area contributed by atoms with E-state index >= 15 is 0 Å². The minimum absolute atomic E-state index is 0.00443. The number of nitrogens with zero attached hydrogens (tertiary/aromatic N) is 1. The number of carbonyl (C=O) groups excluding carboxylic acids is 1. The maximum absolute atomic E-state index is 12.3. The molecule has 4 N–H and O–H groups in total. The van der Waals surface area contributed by atoms with Crippen molar-refractivity contribution in [2.75, 3.05) is 0 Å². The third-order valence-corrected chi connectivity index (χ3v) is 5.10. The first-order valence-electron chi connectivity index (χ1n) is 9.11.